The van der Waals surface area contributed by atoms with Crippen molar-refractivity contribution in [2.45, 2.75) is 13.0 Å². The lowest BCUT2D eigenvalue weighted by Gasteiger charge is -2.12. The quantitative estimate of drug-likeness (QED) is 0.520. The summed E-state index contributed by atoms with van der Waals surface area (Å²) in [5, 5.41) is 20.2. The number of benzene rings is 2. The van der Waals surface area contributed by atoms with E-state index in [1.54, 1.807) is 12.3 Å². The van der Waals surface area contributed by atoms with Crippen LogP contribution in [-0.2, 0) is 0 Å². The Kier molecular flexibility index (Phi) is 4.07. The van der Waals surface area contributed by atoms with Gasteiger partial charge in [-0.1, -0.05) is 34.4 Å². The minimum absolute atomic E-state index is 0.0700. The lowest BCUT2D eigenvalue weighted by Crippen LogP contribution is -2.06. The lowest BCUT2D eigenvalue weighted by molar-refractivity contribution is 0.573. The number of anilines is 1. The molecule has 0 bridgehead atoms. The Morgan fingerprint density at radius 2 is 1.96 bits per heavy atom. The van der Waals surface area contributed by atoms with E-state index in [-0.39, 0.29) is 6.04 Å². The van der Waals surface area contributed by atoms with Gasteiger partial charge in [-0.25, -0.2) is 0 Å². The van der Waals surface area contributed by atoms with Crippen molar-refractivity contribution in [1.82, 2.24) is 20.4 Å². The van der Waals surface area contributed by atoms with Crippen molar-refractivity contribution < 1.29 is 4.42 Å². The molecule has 2 aromatic heterocycles. The molecule has 0 aliphatic rings. The Hall–Kier alpha value is -2.57. The van der Waals surface area contributed by atoms with E-state index in [9.17, 15) is 0 Å². The zero-order valence-corrected chi connectivity index (χ0v) is 14.6. The molecule has 4 rings (SSSR count). The van der Waals surface area contributed by atoms with Gasteiger partial charge in [-0.3, -0.25) is 5.10 Å². The van der Waals surface area contributed by atoms with Crippen LogP contribution in [0.1, 0.15) is 18.5 Å². The first kappa shape index (κ1) is 15.9. The molecule has 6 nitrogen and oxygen atoms in total. The van der Waals surface area contributed by atoms with Crippen molar-refractivity contribution in [3.63, 3.8) is 0 Å². The Morgan fingerprint density at radius 1 is 1.08 bits per heavy atom. The van der Waals surface area contributed by atoms with Gasteiger partial charge in [0.15, 0.2) is 0 Å². The largest absolute Gasteiger partial charge is 0.403 e. The normalized spacial score (nSPS) is 12.4. The summed E-state index contributed by atoms with van der Waals surface area (Å²) >= 11 is 12.0. The molecule has 4 aromatic rings. The van der Waals surface area contributed by atoms with E-state index in [2.05, 4.69) is 25.7 Å². The van der Waals surface area contributed by atoms with Gasteiger partial charge >= 0.3 is 6.01 Å². The molecule has 0 fully saturated rings. The van der Waals surface area contributed by atoms with Crippen LogP contribution in [0.3, 0.4) is 0 Å². The number of fused-ring (bicyclic) bond motifs is 1. The number of rotatable bonds is 4. The van der Waals surface area contributed by atoms with Gasteiger partial charge in [-0.05, 0) is 42.8 Å². The van der Waals surface area contributed by atoms with Crippen molar-refractivity contribution in [3.8, 4) is 11.5 Å². The highest BCUT2D eigenvalue weighted by molar-refractivity contribution is 6.42. The average molecular weight is 374 g/mol. The Balaban J connectivity index is 1.55. The number of hydrogen-bond acceptors (Lipinski definition) is 5. The molecular weight excluding hydrogens is 361 g/mol. The predicted molar refractivity (Wildman–Crippen MR) is 97.9 cm³/mol. The highest BCUT2D eigenvalue weighted by Crippen LogP contribution is 2.28. The minimum Gasteiger partial charge on any atom is -0.403 e. The van der Waals surface area contributed by atoms with Gasteiger partial charge in [0.05, 0.1) is 27.8 Å². The fourth-order valence-electron chi connectivity index (χ4n) is 2.52. The van der Waals surface area contributed by atoms with E-state index in [0.717, 1.165) is 22.0 Å². The molecule has 0 aliphatic carbocycles. The van der Waals surface area contributed by atoms with Crippen LogP contribution in [0.4, 0.5) is 6.01 Å². The van der Waals surface area contributed by atoms with E-state index in [4.69, 9.17) is 27.6 Å². The van der Waals surface area contributed by atoms with Gasteiger partial charge in [-0.2, -0.15) is 5.10 Å². The zero-order chi connectivity index (χ0) is 17.4. The van der Waals surface area contributed by atoms with Gasteiger partial charge in [0, 0.05) is 10.9 Å². The highest BCUT2D eigenvalue weighted by atomic mass is 35.5. The zero-order valence-electron chi connectivity index (χ0n) is 13.1. The van der Waals surface area contributed by atoms with Crippen LogP contribution in [0, 0.1) is 0 Å². The van der Waals surface area contributed by atoms with Gasteiger partial charge in [0.25, 0.3) is 0 Å². The SMILES string of the molecule is C[C@H](Nc1nnc(-c2ccc3[nH]ncc3c2)o1)c1ccc(Cl)c(Cl)c1. The van der Waals surface area contributed by atoms with Crippen LogP contribution in [0.25, 0.3) is 22.4 Å². The molecule has 0 aliphatic heterocycles. The van der Waals surface area contributed by atoms with Crippen LogP contribution >= 0.6 is 23.2 Å². The second kappa shape index (κ2) is 6.38. The summed E-state index contributed by atoms with van der Waals surface area (Å²) in [5.41, 5.74) is 2.75. The number of H-pyrrole nitrogens is 1. The molecule has 2 heterocycles. The highest BCUT2D eigenvalue weighted by Gasteiger charge is 2.13. The third-order valence-corrected chi connectivity index (χ3v) is 4.63. The average Bonchev–Trinajstić information content (AvgIpc) is 3.25. The molecule has 0 radical (unpaired) electrons. The van der Waals surface area contributed by atoms with Crippen molar-refractivity contribution in [1.29, 1.82) is 0 Å². The molecule has 0 saturated heterocycles. The van der Waals surface area contributed by atoms with Gasteiger partial charge < -0.3 is 9.73 Å². The van der Waals surface area contributed by atoms with E-state index < -0.39 is 0 Å². The Bertz CT molecular complexity index is 1040. The van der Waals surface area contributed by atoms with E-state index in [1.807, 2.05) is 37.3 Å². The van der Waals surface area contributed by atoms with Gasteiger partial charge in [0.2, 0.25) is 5.89 Å². The molecule has 0 saturated carbocycles. The van der Waals surface area contributed by atoms with Crippen molar-refractivity contribution >= 4 is 40.1 Å². The lowest BCUT2D eigenvalue weighted by atomic mass is 10.1. The summed E-state index contributed by atoms with van der Waals surface area (Å²) in [6.07, 6.45) is 1.75. The number of hydrogen-bond donors (Lipinski definition) is 2. The third kappa shape index (κ3) is 3.18. The second-order valence-electron chi connectivity index (χ2n) is 5.62. The smallest absolute Gasteiger partial charge is 0.316 e. The summed E-state index contributed by atoms with van der Waals surface area (Å²) in [5.74, 6) is 0.437. The van der Waals surface area contributed by atoms with Gasteiger partial charge in [-0.15, -0.1) is 5.10 Å². The third-order valence-electron chi connectivity index (χ3n) is 3.90. The first-order valence-corrected chi connectivity index (χ1v) is 8.34. The summed E-state index contributed by atoms with van der Waals surface area (Å²) in [7, 11) is 0. The van der Waals surface area contributed by atoms with Crippen LogP contribution in [0.2, 0.25) is 10.0 Å². The minimum atomic E-state index is -0.0700. The Morgan fingerprint density at radius 3 is 2.80 bits per heavy atom. The maximum Gasteiger partial charge on any atom is 0.316 e. The first-order chi connectivity index (χ1) is 12.1. The number of aromatic nitrogens is 4. The first-order valence-electron chi connectivity index (χ1n) is 7.58. The molecule has 0 amide bonds. The fourth-order valence-corrected chi connectivity index (χ4v) is 2.83. The van der Waals surface area contributed by atoms with E-state index in [1.165, 1.54) is 0 Å². The summed E-state index contributed by atoms with van der Waals surface area (Å²) < 4.78 is 5.72. The predicted octanol–water partition coefficient (Wildman–Crippen LogP) is 5.09. The van der Waals surface area contributed by atoms with E-state index in [0.29, 0.717) is 22.0 Å². The second-order valence-corrected chi connectivity index (χ2v) is 6.44. The van der Waals surface area contributed by atoms with Crippen LogP contribution in [-0.4, -0.2) is 20.4 Å². The number of aromatic amines is 1. The number of halogens is 2. The molecule has 1 atom stereocenters. The standard InChI is InChI=1S/C17H13Cl2N5O/c1-9(10-2-4-13(18)14(19)7-10)21-17-24-23-16(25-17)11-3-5-15-12(6-11)8-20-22-15/h2-9H,1H3,(H,20,22)(H,21,24)/t9-/m0/s1. The van der Waals surface area contributed by atoms with E-state index >= 15 is 0 Å². The summed E-state index contributed by atoms with van der Waals surface area (Å²) in [6, 6.07) is 11.5. The maximum atomic E-state index is 6.06. The molecule has 0 unspecified atom stereocenters. The fraction of sp³-hybridized carbons (Fsp3) is 0.118. The molecule has 2 N–H and O–H groups in total. The van der Waals surface area contributed by atoms with Crippen LogP contribution in [0.15, 0.2) is 47.0 Å². The van der Waals surface area contributed by atoms with Gasteiger partial charge in [0.1, 0.15) is 0 Å². The van der Waals surface area contributed by atoms with Crippen LogP contribution < -0.4 is 5.32 Å². The molecular formula is C17H13Cl2N5O. The number of nitrogens with one attached hydrogen (secondary N) is 2. The molecule has 2 aromatic carbocycles. The maximum absolute atomic E-state index is 6.06. The molecule has 25 heavy (non-hydrogen) atoms. The van der Waals surface area contributed by atoms with Crippen molar-refractivity contribution in [2.75, 3.05) is 5.32 Å². The monoisotopic (exact) mass is 373 g/mol. The topological polar surface area (TPSA) is 79.6 Å². The Labute approximate surface area is 153 Å². The number of nitrogens with zero attached hydrogens (tertiary/aromatic N) is 3. The molecule has 0 spiro atoms. The summed E-state index contributed by atoms with van der Waals surface area (Å²) in [6.45, 7) is 1.97. The van der Waals surface area contributed by atoms with Crippen molar-refractivity contribution in [3.05, 3.63) is 58.2 Å². The van der Waals surface area contributed by atoms with Crippen molar-refractivity contribution in [2.24, 2.45) is 0 Å². The molecule has 126 valence electrons. The molecule has 8 heteroatoms. The van der Waals surface area contributed by atoms with Crippen LogP contribution in [0.5, 0.6) is 0 Å². The summed E-state index contributed by atoms with van der Waals surface area (Å²) in [4.78, 5) is 0.